The van der Waals surface area contributed by atoms with Gasteiger partial charge in [0.15, 0.2) is 5.60 Å². The third kappa shape index (κ3) is 2.98. The van der Waals surface area contributed by atoms with E-state index in [9.17, 15) is 4.79 Å². The number of aryl methyl sites for hydroxylation is 1. The molecule has 1 unspecified atom stereocenters. The topological polar surface area (TPSA) is 90.6 Å². The summed E-state index contributed by atoms with van der Waals surface area (Å²) in [6.07, 6.45) is 0. The number of morpholine rings is 1. The van der Waals surface area contributed by atoms with E-state index in [0.29, 0.717) is 32.1 Å². The Hall–Kier alpha value is -1.89. The number of rotatable bonds is 3. The van der Waals surface area contributed by atoms with Crippen molar-refractivity contribution in [3.05, 3.63) is 11.8 Å². The normalized spacial score (nSPS) is 22.6. The Kier molecular flexibility index (Phi) is 4.08. The monoisotopic (exact) mass is 280 g/mol. The van der Waals surface area contributed by atoms with Crippen LogP contribution in [0.1, 0.15) is 19.5 Å². The van der Waals surface area contributed by atoms with Gasteiger partial charge in [-0.15, -0.1) is 0 Å². The van der Waals surface area contributed by atoms with Crippen molar-refractivity contribution in [3.8, 4) is 0 Å². The third-order valence-electron chi connectivity index (χ3n) is 3.16. The number of esters is 1. The lowest BCUT2D eigenvalue weighted by Crippen LogP contribution is -2.55. The highest BCUT2D eigenvalue weighted by Gasteiger charge is 2.41. The van der Waals surface area contributed by atoms with Crippen LogP contribution in [0.2, 0.25) is 0 Å². The van der Waals surface area contributed by atoms with Gasteiger partial charge in [0.2, 0.25) is 5.95 Å². The molecule has 2 heterocycles. The Morgan fingerprint density at radius 2 is 2.35 bits per heavy atom. The number of anilines is 2. The fourth-order valence-corrected chi connectivity index (χ4v) is 2.21. The van der Waals surface area contributed by atoms with Crippen LogP contribution in [0.4, 0.5) is 11.8 Å². The zero-order chi connectivity index (χ0) is 14.8. The van der Waals surface area contributed by atoms with E-state index in [4.69, 9.17) is 15.2 Å². The minimum Gasteiger partial charge on any atom is -0.464 e. The Morgan fingerprint density at radius 1 is 1.60 bits per heavy atom. The average molecular weight is 280 g/mol. The molecule has 0 aromatic carbocycles. The molecule has 20 heavy (non-hydrogen) atoms. The van der Waals surface area contributed by atoms with Gasteiger partial charge in [0, 0.05) is 18.3 Å². The molecule has 0 saturated carbocycles. The average Bonchev–Trinajstić information content (AvgIpc) is 2.38. The first-order valence-electron chi connectivity index (χ1n) is 6.62. The molecule has 1 aliphatic heterocycles. The highest BCUT2D eigenvalue weighted by Crippen LogP contribution is 2.24. The first-order chi connectivity index (χ1) is 9.44. The van der Waals surface area contributed by atoms with Crippen LogP contribution in [0.5, 0.6) is 0 Å². The molecule has 1 atom stereocenters. The van der Waals surface area contributed by atoms with E-state index in [-0.39, 0.29) is 11.9 Å². The molecule has 1 aliphatic rings. The number of hydrogen-bond acceptors (Lipinski definition) is 7. The summed E-state index contributed by atoms with van der Waals surface area (Å²) in [6.45, 7) is 7.14. The lowest BCUT2D eigenvalue weighted by molar-refractivity contribution is -0.171. The van der Waals surface area contributed by atoms with Crippen LogP contribution in [-0.4, -0.2) is 47.8 Å². The van der Waals surface area contributed by atoms with Crippen LogP contribution in [0.3, 0.4) is 0 Å². The summed E-state index contributed by atoms with van der Waals surface area (Å²) in [5.74, 6) is 0.571. The predicted molar refractivity (Wildman–Crippen MR) is 74.4 cm³/mol. The van der Waals surface area contributed by atoms with Gasteiger partial charge in [0.25, 0.3) is 0 Å². The molecule has 7 heteroatoms. The van der Waals surface area contributed by atoms with Gasteiger partial charge >= 0.3 is 5.97 Å². The van der Waals surface area contributed by atoms with Gasteiger partial charge in [0.05, 0.1) is 19.8 Å². The van der Waals surface area contributed by atoms with Crippen molar-refractivity contribution in [3.63, 3.8) is 0 Å². The van der Waals surface area contributed by atoms with Gasteiger partial charge in [-0.1, -0.05) is 0 Å². The summed E-state index contributed by atoms with van der Waals surface area (Å²) in [5.41, 5.74) is 5.47. The van der Waals surface area contributed by atoms with E-state index in [2.05, 4.69) is 9.97 Å². The Morgan fingerprint density at radius 3 is 3.00 bits per heavy atom. The minimum absolute atomic E-state index is 0.226. The summed E-state index contributed by atoms with van der Waals surface area (Å²) in [7, 11) is 0. The quantitative estimate of drug-likeness (QED) is 0.807. The number of nitrogens with zero attached hydrogens (tertiary/aromatic N) is 3. The maximum atomic E-state index is 12.0. The van der Waals surface area contributed by atoms with E-state index in [1.54, 1.807) is 13.8 Å². The number of nitrogen functional groups attached to an aromatic ring is 1. The van der Waals surface area contributed by atoms with Crippen LogP contribution in [0.15, 0.2) is 6.07 Å². The summed E-state index contributed by atoms with van der Waals surface area (Å²) in [6, 6.07) is 1.84. The second kappa shape index (κ2) is 5.62. The number of ether oxygens (including phenoxy) is 2. The molecular formula is C13H20N4O3. The minimum atomic E-state index is -0.984. The van der Waals surface area contributed by atoms with Crippen LogP contribution in [0.25, 0.3) is 0 Å². The van der Waals surface area contributed by atoms with E-state index >= 15 is 0 Å². The summed E-state index contributed by atoms with van der Waals surface area (Å²) in [5, 5.41) is 0. The zero-order valence-electron chi connectivity index (χ0n) is 12.0. The molecule has 0 amide bonds. The largest absolute Gasteiger partial charge is 0.464 e. The molecule has 2 rings (SSSR count). The van der Waals surface area contributed by atoms with Crippen molar-refractivity contribution in [2.45, 2.75) is 26.4 Å². The molecule has 0 radical (unpaired) electrons. The van der Waals surface area contributed by atoms with Crippen molar-refractivity contribution in [1.82, 2.24) is 9.97 Å². The first-order valence-corrected chi connectivity index (χ1v) is 6.62. The standard InChI is InChI=1S/C13H20N4O3/c1-4-19-11(18)13(3)8-17(5-6-20-13)10-7-9(2)15-12(14)16-10/h7H,4-6,8H2,1-3H3,(H2,14,15,16). The van der Waals surface area contributed by atoms with Crippen LogP contribution in [0, 0.1) is 6.92 Å². The van der Waals surface area contributed by atoms with Crippen molar-refractivity contribution in [1.29, 1.82) is 0 Å². The Balaban J connectivity index is 2.19. The number of aromatic nitrogens is 2. The smallest absolute Gasteiger partial charge is 0.339 e. The zero-order valence-corrected chi connectivity index (χ0v) is 12.0. The maximum Gasteiger partial charge on any atom is 0.339 e. The fourth-order valence-electron chi connectivity index (χ4n) is 2.21. The van der Waals surface area contributed by atoms with Crippen molar-refractivity contribution < 1.29 is 14.3 Å². The molecule has 0 spiro atoms. The SMILES string of the molecule is CCOC(=O)C1(C)CN(c2cc(C)nc(N)n2)CCO1. The van der Waals surface area contributed by atoms with Gasteiger partial charge in [-0.25, -0.2) is 9.78 Å². The van der Waals surface area contributed by atoms with Gasteiger partial charge in [-0.3, -0.25) is 0 Å². The van der Waals surface area contributed by atoms with E-state index in [1.165, 1.54) is 0 Å². The van der Waals surface area contributed by atoms with Crippen molar-refractivity contribution >= 4 is 17.7 Å². The molecule has 1 aromatic rings. The molecule has 2 N–H and O–H groups in total. The molecule has 0 bridgehead atoms. The van der Waals surface area contributed by atoms with Gasteiger partial charge in [0.1, 0.15) is 5.82 Å². The Bertz CT molecular complexity index is 488. The van der Waals surface area contributed by atoms with E-state index in [0.717, 1.165) is 5.69 Å². The van der Waals surface area contributed by atoms with Gasteiger partial charge in [-0.2, -0.15) is 4.98 Å². The number of nitrogens with two attached hydrogens (primary N) is 1. The number of carbonyl (C=O) groups is 1. The number of hydrogen-bond donors (Lipinski definition) is 1. The maximum absolute atomic E-state index is 12.0. The molecule has 7 nitrogen and oxygen atoms in total. The molecule has 0 aliphatic carbocycles. The highest BCUT2D eigenvalue weighted by atomic mass is 16.6. The predicted octanol–water partition coefficient (Wildman–Crippen LogP) is 0.526. The third-order valence-corrected chi connectivity index (χ3v) is 3.16. The van der Waals surface area contributed by atoms with Crippen molar-refractivity contribution in [2.24, 2.45) is 0 Å². The first kappa shape index (κ1) is 14.5. The van der Waals surface area contributed by atoms with Crippen LogP contribution in [-0.2, 0) is 14.3 Å². The van der Waals surface area contributed by atoms with E-state index in [1.807, 2.05) is 17.9 Å². The molecule has 1 fully saturated rings. The van der Waals surface area contributed by atoms with Crippen LogP contribution >= 0.6 is 0 Å². The van der Waals surface area contributed by atoms with E-state index < -0.39 is 5.60 Å². The Labute approximate surface area is 118 Å². The molecule has 1 aromatic heterocycles. The molecule has 110 valence electrons. The van der Waals surface area contributed by atoms with Gasteiger partial charge in [-0.05, 0) is 20.8 Å². The van der Waals surface area contributed by atoms with Crippen molar-refractivity contribution in [2.75, 3.05) is 36.9 Å². The summed E-state index contributed by atoms with van der Waals surface area (Å²) >= 11 is 0. The molecular weight excluding hydrogens is 260 g/mol. The van der Waals surface area contributed by atoms with Crippen LogP contribution < -0.4 is 10.6 Å². The van der Waals surface area contributed by atoms with Gasteiger partial charge < -0.3 is 20.1 Å². The number of carbonyl (C=O) groups excluding carboxylic acids is 1. The lowest BCUT2D eigenvalue weighted by Gasteiger charge is -2.39. The second-order valence-electron chi connectivity index (χ2n) is 4.95. The highest BCUT2D eigenvalue weighted by molar-refractivity contribution is 5.80. The summed E-state index contributed by atoms with van der Waals surface area (Å²) < 4.78 is 10.7. The molecule has 1 saturated heterocycles. The lowest BCUT2D eigenvalue weighted by atomic mass is 10.0. The summed E-state index contributed by atoms with van der Waals surface area (Å²) in [4.78, 5) is 22.2. The second-order valence-corrected chi connectivity index (χ2v) is 4.95. The fraction of sp³-hybridized carbons (Fsp3) is 0.615.